The number of halogens is 3. The molecule has 0 radical (unpaired) electrons. The van der Waals surface area contributed by atoms with Crippen molar-refractivity contribution in [3.8, 4) is 0 Å². The molecule has 1 aliphatic rings. The monoisotopic (exact) mass is 308 g/mol. The lowest BCUT2D eigenvalue weighted by Crippen LogP contribution is -2.41. The Labute approximate surface area is 115 Å². The number of benzene rings is 1. The maximum Gasteiger partial charge on any atom is 0.246 e. The van der Waals surface area contributed by atoms with E-state index < -0.39 is 32.4 Å². The minimum atomic E-state index is -4.17. The highest BCUT2D eigenvalue weighted by atomic mass is 32.2. The van der Waals surface area contributed by atoms with Crippen LogP contribution in [-0.4, -0.2) is 38.9 Å². The van der Waals surface area contributed by atoms with E-state index in [0.717, 1.165) is 4.31 Å². The van der Waals surface area contributed by atoms with Crippen LogP contribution in [0.3, 0.4) is 0 Å². The van der Waals surface area contributed by atoms with Crippen molar-refractivity contribution in [1.29, 1.82) is 0 Å². The smallest absolute Gasteiger partial charge is 0.246 e. The quantitative estimate of drug-likeness (QED) is 0.857. The Morgan fingerprint density at radius 1 is 1.25 bits per heavy atom. The summed E-state index contributed by atoms with van der Waals surface area (Å²) < 4.78 is 65.6. The summed E-state index contributed by atoms with van der Waals surface area (Å²) in [5, 5.41) is 2.86. The van der Waals surface area contributed by atoms with Crippen LogP contribution in [0.25, 0.3) is 0 Å². The molecule has 0 aliphatic carbocycles. The molecule has 0 saturated carbocycles. The lowest BCUT2D eigenvalue weighted by molar-refractivity contribution is 0.375. The largest absolute Gasteiger partial charge is 0.318 e. The second-order valence-corrected chi connectivity index (χ2v) is 6.53. The third-order valence-corrected chi connectivity index (χ3v) is 5.29. The maximum atomic E-state index is 13.7. The topological polar surface area (TPSA) is 49.4 Å². The van der Waals surface area contributed by atoms with Crippen molar-refractivity contribution in [2.45, 2.75) is 23.8 Å². The Morgan fingerprint density at radius 3 is 2.55 bits per heavy atom. The average molecular weight is 308 g/mol. The number of likely N-dealkylation sites (N-methyl/N-ethyl adjacent to an activating group) is 1. The standard InChI is InChI=1S/C12H15F3N2O2S/c1-16-7-8-3-2-4-17(8)20(18,19)12-6-10(14)9(13)5-11(12)15/h5-6,8,16H,2-4,7H2,1H3. The van der Waals surface area contributed by atoms with Gasteiger partial charge in [-0.1, -0.05) is 0 Å². The van der Waals surface area contributed by atoms with Crippen LogP contribution in [0, 0.1) is 17.5 Å². The zero-order valence-corrected chi connectivity index (χ0v) is 11.7. The van der Waals surface area contributed by atoms with Gasteiger partial charge in [0.25, 0.3) is 0 Å². The molecule has 1 aliphatic heterocycles. The molecule has 1 N–H and O–H groups in total. The second kappa shape index (κ2) is 5.71. The predicted octanol–water partition coefficient (Wildman–Crippen LogP) is 1.48. The van der Waals surface area contributed by atoms with Crippen molar-refractivity contribution in [3.05, 3.63) is 29.6 Å². The zero-order valence-electron chi connectivity index (χ0n) is 10.9. The summed E-state index contributed by atoms with van der Waals surface area (Å²) >= 11 is 0. The summed E-state index contributed by atoms with van der Waals surface area (Å²) in [4.78, 5) is -0.820. The predicted molar refractivity (Wildman–Crippen MR) is 67.2 cm³/mol. The van der Waals surface area contributed by atoms with Gasteiger partial charge < -0.3 is 5.32 Å². The van der Waals surface area contributed by atoms with Gasteiger partial charge in [0.15, 0.2) is 11.6 Å². The fraction of sp³-hybridized carbons (Fsp3) is 0.500. The molecule has 1 aromatic rings. The SMILES string of the molecule is CNCC1CCCN1S(=O)(=O)c1cc(F)c(F)cc1F. The average Bonchev–Trinajstić information content (AvgIpc) is 2.83. The number of hydrogen-bond donors (Lipinski definition) is 1. The summed E-state index contributed by atoms with van der Waals surface area (Å²) in [6.45, 7) is 0.664. The summed E-state index contributed by atoms with van der Waals surface area (Å²) in [5.41, 5.74) is 0. The van der Waals surface area contributed by atoms with E-state index in [1.54, 1.807) is 7.05 Å². The lowest BCUT2D eigenvalue weighted by atomic mass is 10.2. The highest BCUT2D eigenvalue weighted by molar-refractivity contribution is 7.89. The van der Waals surface area contributed by atoms with E-state index in [0.29, 0.717) is 25.5 Å². The first-order valence-corrected chi connectivity index (χ1v) is 7.63. The first kappa shape index (κ1) is 15.3. The van der Waals surface area contributed by atoms with Crippen molar-refractivity contribution in [2.75, 3.05) is 20.1 Å². The van der Waals surface area contributed by atoms with Crippen molar-refractivity contribution >= 4 is 10.0 Å². The van der Waals surface area contributed by atoms with Crippen LogP contribution < -0.4 is 5.32 Å². The van der Waals surface area contributed by atoms with Gasteiger partial charge >= 0.3 is 0 Å². The Balaban J connectivity index is 2.42. The fourth-order valence-corrected chi connectivity index (χ4v) is 4.15. The van der Waals surface area contributed by atoms with Crippen molar-refractivity contribution in [3.63, 3.8) is 0 Å². The summed E-state index contributed by atoms with van der Waals surface area (Å²) in [7, 11) is -2.49. The molecule has 1 unspecified atom stereocenters. The molecule has 1 aromatic carbocycles. The number of sulfonamides is 1. The minimum absolute atomic E-state index is 0.243. The van der Waals surface area contributed by atoms with Crippen LogP contribution in [0.4, 0.5) is 13.2 Å². The number of nitrogens with one attached hydrogen (secondary N) is 1. The van der Waals surface area contributed by atoms with Gasteiger partial charge in [0, 0.05) is 25.2 Å². The molecular formula is C12H15F3N2O2S. The molecule has 4 nitrogen and oxygen atoms in total. The van der Waals surface area contributed by atoms with Gasteiger partial charge in [-0.25, -0.2) is 21.6 Å². The molecule has 20 heavy (non-hydrogen) atoms. The van der Waals surface area contributed by atoms with Gasteiger partial charge in [0.2, 0.25) is 10.0 Å². The zero-order chi connectivity index (χ0) is 14.9. The molecule has 112 valence electrons. The fourth-order valence-electron chi connectivity index (χ4n) is 2.39. The minimum Gasteiger partial charge on any atom is -0.318 e. The highest BCUT2D eigenvalue weighted by Crippen LogP contribution is 2.28. The van der Waals surface area contributed by atoms with Crippen molar-refractivity contribution in [1.82, 2.24) is 9.62 Å². The first-order chi connectivity index (χ1) is 9.37. The normalized spacial score (nSPS) is 20.5. The van der Waals surface area contributed by atoms with Crippen molar-refractivity contribution in [2.24, 2.45) is 0 Å². The Bertz CT molecular complexity index is 607. The molecule has 2 rings (SSSR count). The number of nitrogens with zero attached hydrogens (tertiary/aromatic N) is 1. The van der Waals surface area contributed by atoms with Gasteiger partial charge in [-0.3, -0.25) is 0 Å². The Hall–Kier alpha value is -1.12. The molecule has 1 saturated heterocycles. The van der Waals surface area contributed by atoms with Crippen LogP contribution in [0.5, 0.6) is 0 Å². The van der Waals surface area contributed by atoms with E-state index in [9.17, 15) is 21.6 Å². The maximum absolute atomic E-state index is 13.7. The highest BCUT2D eigenvalue weighted by Gasteiger charge is 2.36. The molecular weight excluding hydrogens is 293 g/mol. The van der Waals surface area contributed by atoms with Crippen LogP contribution >= 0.6 is 0 Å². The third-order valence-electron chi connectivity index (χ3n) is 3.32. The molecule has 0 spiro atoms. The number of hydrogen-bond acceptors (Lipinski definition) is 3. The molecule has 0 bridgehead atoms. The van der Waals surface area contributed by atoms with Crippen molar-refractivity contribution < 1.29 is 21.6 Å². The van der Waals surface area contributed by atoms with Gasteiger partial charge in [0.05, 0.1) is 0 Å². The molecule has 1 fully saturated rings. The first-order valence-electron chi connectivity index (χ1n) is 6.19. The molecule has 8 heteroatoms. The molecule has 1 heterocycles. The van der Waals surface area contributed by atoms with E-state index in [4.69, 9.17) is 0 Å². The Kier molecular flexibility index (Phi) is 4.36. The summed E-state index contributed by atoms with van der Waals surface area (Å²) in [5.74, 6) is -4.07. The second-order valence-electron chi connectivity index (χ2n) is 4.67. The third kappa shape index (κ3) is 2.68. The molecule has 0 aromatic heterocycles. The van der Waals surface area contributed by atoms with Gasteiger partial charge in [-0.15, -0.1) is 0 Å². The van der Waals surface area contributed by atoms with Crippen LogP contribution in [-0.2, 0) is 10.0 Å². The van der Waals surface area contributed by atoms with E-state index in [1.807, 2.05) is 0 Å². The van der Waals surface area contributed by atoms with E-state index in [2.05, 4.69) is 5.32 Å². The van der Waals surface area contributed by atoms with E-state index >= 15 is 0 Å². The van der Waals surface area contributed by atoms with Crippen LogP contribution in [0.1, 0.15) is 12.8 Å². The lowest BCUT2D eigenvalue weighted by Gasteiger charge is -2.24. The molecule has 0 amide bonds. The van der Waals surface area contributed by atoms with Gasteiger partial charge in [-0.2, -0.15) is 4.31 Å². The molecule has 1 atom stereocenters. The van der Waals surface area contributed by atoms with Gasteiger partial charge in [0.1, 0.15) is 10.7 Å². The summed E-state index contributed by atoms with van der Waals surface area (Å²) in [6.07, 6.45) is 1.29. The van der Waals surface area contributed by atoms with Gasteiger partial charge in [-0.05, 0) is 26.0 Å². The Morgan fingerprint density at radius 2 is 1.90 bits per heavy atom. The van der Waals surface area contributed by atoms with E-state index in [-0.39, 0.29) is 18.7 Å². The van der Waals surface area contributed by atoms with E-state index in [1.165, 1.54) is 0 Å². The van der Waals surface area contributed by atoms with Crippen LogP contribution in [0.2, 0.25) is 0 Å². The van der Waals surface area contributed by atoms with Crippen LogP contribution in [0.15, 0.2) is 17.0 Å². The summed E-state index contributed by atoms with van der Waals surface area (Å²) in [6, 6.07) is 0.345. The number of rotatable bonds is 4.